The van der Waals surface area contributed by atoms with E-state index < -0.39 is 0 Å². The van der Waals surface area contributed by atoms with E-state index in [1.54, 1.807) is 18.3 Å². The molecule has 0 saturated heterocycles. The molecular weight excluding hydrogens is 307 g/mol. The summed E-state index contributed by atoms with van der Waals surface area (Å²) in [7, 11) is 0. The maximum absolute atomic E-state index is 5.84. The molecule has 3 aromatic rings. The van der Waals surface area contributed by atoms with Gasteiger partial charge in [-0.2, -0.15) is 0 Å². The zero-order chi connectivity index (χ0) is 15.2. The van der Waals surface area contributed by atoms with Crippen LogP contribution in [0, 0.1) is 6.92 Å². The van der Waals surface area contributed by atoms with Crippen LogP contribution < -0.4 is 11.3 Å². The summed E-state index contributed by atoms with van der Waals surface area (Å²) in [5, 5.41) is 1.02. The number of anilines is 1. The molecule has 3 N–H and O–H groups in total. The first-order valence-electron chi connectivity index (χ1n) is 6.20. The highest BCUT2D eigenvalue weighted by molar-refractivity contribution is 6.42. The standard InChI is InChI=1S/C9H6Cl2N2.C6H8N2/c1-5-4-12-8-2-6(10)7(11)3-9(8)13-5;7-8-6-4-2-1-3-5-6/h2-4H,1H3;1-5,8H,7H2. The largest absolute Gasteiger partial charge is 0.324 e. The molecule has 2 aromatic carbocycles. The van der Waals surface area contributed by atoms with E-state index in [0.29, 0.717) is 10.0 Å². The van der Waals surface area contributed by atoms with E-state index in [4.69, 9.17) is 29.0 Å². The topological polar surface area (TPSA) is 63.8 Å². The third kappa shape index (κ3) is 4.29. The number of hydrogen-bond acceptors (Lipinski definition) is 4. The van der Waals surface area contributed by atoms with Crippen molar-refractivity contribution in [2.45, 2.75) is 6.92 Å². The Hall–Kier alpha value is -1.88. The molecule has 0 fully saturated rings. The zero-order valence-electron chi connectivity index (χ0n) is 11.3. The van der Waals surface area contributed by atoms with E-state index in [1.807, 2.05) is 37.3 Å². The molecule has 3 rings (SSSR count). The fourth-order valence-electron chi connectivity index (χ4n) is 1.63. The van der Waals surface area contributed by atoms with Gasteiger partial charge in [0.15, 0.2) is 0 Å². The van der Waals surface area contributed by atoms with Crippen molar-refractivity contribution < 1.29 is 0 Å². The van der Waals surface area contributed by atoms with E-state index in [-0.39, 0.29) is 0 Å². The molecule has 21 heavy (non-hydrogen) atoms. The third-order valence-electron chi connectivity index (χ3n) is 2.65. The molecule has 6 heteroatoms. The molecule has 0 bridgehead atoms. The summed E-state index contributed by atoms with van der Waals surface area (Å²) in [6.45, 7) is 1.88. The van der Waals surface area contributed by atoms with Crippen LogP contribution in [0.1, 0.15) is 5.69 Å². The Kier molecular flexibility index (Phi) is 5.33. The van der Waals surface area contributed by atoms with Crippen LogP contribution in [0.4, 0.5) is 5.69 Å². The lowest BCUT2D eigenvalue weighted by Crippen LogP contribution is -2.05. The van der Waals surface area contributed by atoms with Gasteiger partial charge in [-0.05, 0) is 31.2 Å². The number of hydrogen-bond donors (Lipinski definition) is 2. The number of aryl methyl sites for hydroxylation is 1. The fourth-order valence-corrected chi connectivity index (χ4v) is 1.95. The van der Waals surface area contributed by atoms with Crippen molar-refractivity contribution in [1.29, 1.82) is 0 Å². The molecule has 0 unspecified atom stereocenters. The van der Waals surface area contributed by atoms with Crippen molar-refractivity contribution in [2.24, 2.45) is 5.84 Å². The summed E-state index contributed by atoms with van der Waals surface area (Å²) in [4.78, 5) is 8.45. The van der Waals surface area contributed by atoms with Crippen molar-refractivity contribution in [3.05, 3.63) is 64.4 Å². The van der Waals surface area contributed by atoms with Gasteiger partial charge in [0.1, 0.15) is 0 Å². The molecule has 0 spiro atoms. The maximum Gasteiger partial charge on any atom is 0.0905 e. The van der Waals surface area contributed by atoms with Crippen molar-refractivity contribution in [2.75, 3.05) is 5.43 Å². The van der Waals surface area contributed by atoms with Crippen molar-refractivity contribution >= 4 is 39.9 Å². The van der Waals surface area contributed by atoms with Crippen LogP contribution in [-0.4, -0.2) is 9.97 Å². The molecule has 0 saturated carbocycles. The normalized spacial score (nSPS) is 9.90. The lowest BCUT2D eigenvalue weighted by Gasteiger charge is -2.00. The Balaban J connectivity index is 0.000000173. The number of benzene rings is 2. The first-order chi connectivity index (χ1) is 10.1. The smallest absolute Gasteiger partial charge is 0.0905 e. The van der Waals surface area contributed by atoms with Gasteiger partial charge >= 0.3 is 0 Å². The zero-order valence-corrected chi connectivity index (χ0v) is 12.9. The number of nitrogens with zero attached hydrogens (tertiary/aromatic N) is 2. The fraction of sp³-hybridized carbons (Fsp3) is 0.0667. The highest BCUT2D eigenvalue weighted by atomic mass is 35.5. The summed E-state index contributed by atoms with van der Waals surface area (Å²) < 4.78 is 0. The van der Waals surface area contributed by atoms with Crippen LogP contribution in [0.3, 0.4) is 0 Å². The average Bonchev–Trinajstić information content (AvgIpc) is 2.50. The minimum Gasteiger partial charge on any atom is -0.324 e. The monoisotopic (exact) mass is 320 g/mol. The molecule has 0 aliphatic carbocycles. The molecule has 0 radical (unpaired) electrons. The number of nitrogens with one attached hydrogen (secondary N) is 1. The molecule has 0 aliphatic rings. The Bertz CT molecular complexity index is 732. The molecule has 4 nitrogen and oxygen atoms in total. The van der Waals surface area contributed by atoms with Gasteiger partial charge in [0.25, 0.3) is 0 Å². The van der Waals surface area contributed by atoms with E-state index in [0.717, 1.165) is 22.4 Å². The van der Waals surface area contributed by atoms with Crippen molar-refractivity contribution in [3.8, 4) is 0 Å². The molecule has 0 amide bonds. The van der Waals surface area contributed by atoms with Crippen LogP contribution >= 0.6 is 23.2 Å². The quantitative estimate of drug-likeness (QED) is 0.520. The van der Waals surface area contributed by atoms with Gasteiger partial charge in [-0.1, -0.05) is 41.4 Å². The number of rotatable bonds is 1. The van der Waals surface area contributed by atoms with Crippen LogP contribution in [0.5, 0.6) is 0 Å². The highest BCUT2D eigenvalue weighted by Gasteiger charge is 2.02. The van der Waals surface area contributed by atoms with Gasteiger partial charge in [0, 0.05) is 11.9 Å². The number of nitrogen functional groups attached to an aromatic ring is 1. The van der Waals surface area contributed by atoms with Gasteiger partial charge in [-0.15, -0.1) is 0 Å². The number of para-hydroxylation sites is 1. The number of nitrogens with two attached hydrogens (primary N) is 1. The number of fused-ring (bicyclic) bond motifs is 1. The third-order valence-corrected chi connectivity index (χ3v) is 3.37. The minimum atomic E-state index is 0.507. The summed E-state index contributed by atoms with van der Waals surface area (Å²) in [6.07, 6.45) is 1.70. The predicted molar refractivity (Wildman–Crippen MR) is 88.5 cm³/mol. The maximum atomic E-state index is 5.84. The first-order valence-corrected chi connectivity index (χ1v) is 6.96. The second-order valence-corrected chi connectivity index (χ2v) is 5.09. The van der Waals surface area contributed by atoms with Gasteiger partial charge < -0.3 is 5.43 Å². The molecule has 108 valence electrons. The Morgan fingerprint density at radius 2 is 1.62 bits per heavy atom. The Morgan fingerprint density at radius 1 is 1.00 bits per heavy atom. The summed E-state index contributed by atoms with van der Waals surface area (Å²) in [5.74, 6) is 5.10. The summed E-state index contributed by atoms with van der Waals surface area (Å²) in [6, 6.07) is 13.0. The van der Waals surface area contributed by atoms with Gasteiger partial charge in [-0.3, -0.25) is 10.8 Å². The molecule has 0 atom stereocenters. The molecular formula is C15H14Cl2N4. The Labute approximate surface area is 132 Å². The average molecular weight is 321 g/mol. The highest BCUT2D eigenvalue weighted by Crippen LogP contribution is 2.25. The predicted octanol–water partition coefficient (Wildman–Crippen LogP) is 4.22. The molecule has 1 heterocycles. The lowest BCUT2D eigenvalue weighted by atomic mass is 10.3. The second-order valence-electron chi connectivity index (χ2n) is 4.28. The number of hydrazine groups is 1. The minimum absolute atomic E-state index is 0.507. The van der Waals surface area contributed by atoms with E-state index in [1.165, 1.54) is 0 Å². The van der Waals surface area contributed by atoms with Crippen LogP contribution in [-0.2, 0) is 0 Å². The van der Waals surface area contributed by atoms with Crippen molar-refractivity contribution in [3.63, 3.8) is 0 Å². The van der Waals surface area contributed by atoms with Crippen LogP contribution in [0.25, 0.3) is 11.0 Å². The number of halogens is 2. The van der Waals surface area contributed by atoms with Crippen LogP contribution in [0.2, 0.25) is 10.0 Å². The summed E-state index contributed by atoms with van der Waals surface area (Å²) in [5.41, 5.74) is 5.87. The SMILES string of the molecule is Cc1cnc2cc(Cl)c(Cl)cc2n1.NNc1ccccc1. The van der Waals surface area contributed by atoms with E-state index in [9.17, 15) is 0 Å². The van der Waals surface area contributed by atoms with Crippen LogP contribution in [0.15, 0.2) is 48.7 Å². The molecule has 1 aromatic heterocycles. The number of aromatic nitrogens is 2. The molecule has 0 aliphatic heterocycles. The first kappa shape index (κ1) is 15.5. The van der Waals surface area contributed by atoms with E-state index >= 15 is 0 Å². The van der Waals surface area contributed by atoms with E-state index in [2.05, 4.69) is 15.4 Å². The van der Waals surface area contributed by atoms with Gasteiger partial charge in [-0.25, -0.2) is 4.98 Å². The Morgan fingerprint density at radius 3 is 2.19 bits per heavy atom. The van der Waals surface area contributed by atoms with Gasteiger partial charge in [0.2, 0.25) is 0 Å². The summed E-state index contributed by atoms with van der Waals surface area (Å²) >= 11 is 11.7. The van der Waals surface area contributed by atoms with Crippen molar-refractivity contribution in [1.82, 2.24) is 9.97 Å². The van der Waals surface area contributed by atoms with Gasteiger partial charge in [0.05, 0.1) is 26.8 Å². The lowest BCUT2D eigenvalue weighted by molar-refractivity contribution is 1.19. The second kappa shape index (κ2) is 7.22.